The summed E-state index contributed by atoms with van der Waals surface area (Å²) in [6, 6.07) is 13.0. The summed E-state index contributed by atoms with van der Waals surface area (Å²) < 4.78 is 16.3. The van der Waals surface area contributed by atoms with Gasteiger partial charge in [0.2, 0.25) is 0 Å². The number of fused-ring (bicyclic) bond motifs is 1. The lowest BCUT2D eigenvalue weighted by molar-refractivity contribution is 0.305. The number of anilines is 1. The summed E-state index contributed by atoms with van der Waals surface area (Å²) in [5, 5.41) is 0.985. The molecule has 1 aromatic heterocycles. The monoisotopic (exact) mass is 269 g/mol. The summed E-state index contributed by atoms with van der Waals surface area (Å²) in [5.74, 6) is 1.59. The second-order valence-electron chi connectivity index (χ2n) is 4.48. The van der Waals surface area contributed by atoms with Crippen molar-refractivity contribution in [2.75, 3.05) is 12.8 Å². The largest absolute Gasteiger partial charge is 0.497 e. The molecule has 0 unspecified atom stereocenters. The van der Waals surface area contributed by atoms with Crippen molar-refractivity contribution in [1.82, 2.24) is 0 Å². The molecular weight excluding hydrogens is 254 g/mol. The van der Waals surface area contributed by atoms with Crippen LogP contribution in [0.2, 0.25) is 0 Å². The number of benzene rings is 2. The minimum absolute atomic E-state index is 0.433. The van der Waals surface area contributed by atoms with Gasteiger partial charge in [-0.1, -0.05) is 0 Å². The van der Waals surface area contributed by atoms with E-state index >= 15 is 0 Å². The van der Waals surface area contributed by atoms with Crippen LogP contribution < -0.4 is 15.2 Å². The lowest BCUT2D eigenvalue weighted by Crippen LogP contribution is -1.94. The quantitative estimate of drug-likeness (QED) is 0.735. The van der Waals surface area contributed by atoms with Crippen molar-refractivity contribution in [3.63, 3.8) is 0 Å². The van der Waals surface area contributed by atoms with Gasteiger partial charge in [-0.25, -0.2) is 0 Å². The summed E-state index contributed by atoms with van der Waals surface area (Å²) in [6.07, 6.45) is 1.70. The maximum Gasteiger partial charge on any atom is 0.134 e. The van der Waals surface area contributed by atoms with Crippen LogP contribution in [0.15, 0.2) is 53.1 Å². The van der Waals surface area contributed by atoms with E-state index in [0.29, 0.717) is 12.3 Å². The first-order valence-electron chi connectivity index (χ1n) is 6.29. The zero-order chi connectivity index (χ0) is 13.9. The highest BCUT2D eigenvalue weighted by atomic mass is 16.5. The van der Waals surface area contributed by atoms with E-state index in [9.17, 15) is 0 Å². The van der Waals surface area contributed by atoms with Gasteiger partial charge in [0.1, 0.15) is 23.7 Å². The van der Waals surface area contributed by atoms with Crippen LogP contribution in [-0.2, 0) is 6.61 Å². The standard InChI is InChI=1S/C16H15NO3/c1-18-13-3-5-14(6-4-13)19-9-11-10-20-16-7-2-12(17)8-15(11)16/h2-8,10H,9,17H2,1H3. The summed E-state index contributed by atoms with van der Waals surface area (Å²) >= 11 is 0. The highest BCUT2D eigenvalue weighted by Gasteiger charge is 2.07. The average Bonchev–Trinajstić information content (AvgIpc) is 2.88. The molecule has 0 radical (unpaired) electrons. The lowest BCUT2D eigenvalue weighted by Gasteiger charge is -2.06. The molecule has 3 rings (SSSR count). The number of nitrogen functional groups attached to an aromatic ring is 1. The molecule has 0 saturated heterocycles. The van der Waals surface area contributed by atoms with Crippen LogP contribution in [0, 0.1) is 0 Å². The molecule has 1 heterocycles. The summed E-state index contributed by atoms with van der Waals surface area (Å²) in [6.45, 7) is 0.433. The molecule has 20 heavy (non-hydrogen) atoms. The first-order valence-corrected chi connectivity index (χ1v) is 6.29. The lowest BCUT2D eigenvalue weighted by atomic mass is 10.1. The minimum Gasteiger partial charge on any atom is -0.497 e. The molecule has 0 spiro atoms. The third kappa shape index (κ3) is 2.40. The van der Waals surface area contributed by atoms with Crippen molar-refractivity contribution in [2.45, 2.75) is 6.61 Å². The SMILES string of the molecule is COc1ccc(OCc2coc3ccc(N)cc23)cc1. The number of hydrogen-bond acceptors (Lipinski definition) is 4. The molecule has 2 N–H and O–H groups in total. The van der Waals surface area contributed by atoms with E-state index in [1.165, 1.54) is 0 Å². The van der Waals surface area contributed by atoms with Crippen LogP contribution >= 0.6 is 0 Å². The molecule has 102 valence electrons. The fraction of sp³-hybridized carbons (Fsp3) is 0.125. The second-order valence-corrected chi connectivity index (χ2v) is 4.48. The van der Waals surface area contributed by atoms with Crippen molar-refractivity contribution in [3.05, 3.63) is 54.3 Å². The molecule has 0 bridgehead atoms. The molecule has 4 nitrogen and oxygen atoms in total. The average molecular weight is 269 g/mol. The van der Waals surface area contributed by atoms with E-state index in [4.69, 9.17) is 19.6 Å². The van der Waals surface area contributed by atoms with E-state index in [2.05, 4.69) is 0 Å². The number of furan rings is 1. The Morgan fingerprint density at radius 1 is 1.05 bits per heavy atom. The number of nitrogens with two attached hydrogens (primary N) is 1. The predicted molar refractivity (Wildman–Crippen MR) is 78.0 cm³/mol. The number of ether oxygens (including phenoxy) is 2. The maximum atomic E-state index is 5.79. The van der Waals surface area contributed by atoms with E-state index < -0.39 is 0 Å². The van der Waals surface area contributed by atoms with Crippen LogP contribution in [0.25, 0.3) is 11.0 Å². The van der Waals surface area contributed by atoms with Crippen LogP contribution in [0.1, 0.15) is 5.56 Å². The summed E-state index contributed by atoms with van der Waals surface area (Å²) in [5.41, 5.74) is 8.30. The number of methoxy groups -OCH3 is 1. The van der Waals surface area contributed by atoms with Crippen LogP contribution in [0.3, 0.4) is 0 Å². The Bertz CT molecular complexity index is 716. The molecule has 0 aliphatic rings. The molecule has 3 aromatic rings. The normalized spacial score (nSPS) is 10.7. The minimum atomic E-state index is 0.433. The molecular formula is C16H15NO3. The van der Waals surface area contributed by atoms with Gasteiger partial charge in [0.15, 0.2) is 0 Å². The maximum absolute atomic E-state index is 5.79. The fourth-order valence-electron chi connectivity index (χ4n) is 2.04. The smallest absolute Gasteiger partial charge is 0.134 e. The molecule has 0 atom stereocenters. The highest BCUT2D eigenvalue weighted by Crippen LogP contribution is 2.25. The first-order chi connectivity index (χ1) is 9.76. The Labute approximate surface area is 116 Å². The van der Waals surface area contributed by atoms with Crippen molar-refractivity contribution in [2.24, 2.45) is 0 Å². The van der Waals surface area contributed by atoms with E-state index in [1.807, 2.05) is 42.5 Å². The van der Waals surface area contributed by atoms with Gasteiger partial charge >= 0.3 is 0 Å². The van der Waals surface area contributed by atoms with Gasteiger partial charge in [-0.2, -0.15) is 0 Å². The van der Waals surface area contributed by atoms with Crippen molar-refractivity contribution in [3.8, 4) is 11.5 Å². The highest BCUT2D eigenvalue weighted by molar-refractivity contribution is 5.84. The van der Waals surface area contributed by atoms with Gasteiger partial charge in [0, 0.05) is 16.6 Å². The molecule has 0 fully saturated rings. The second kappa shape index (κ2) is 5.17. The Morgan fingerprint density at radius 2 is 1.80 bits per heavy atom. The summed E-state index contributed by atoms with van der Waals surface area (Å²) in [4.78, 5) is 0. The third-order valence-corrected chi connectivity index (χ3v) is 3.13. The third-order valence-electron chi connectivity index (χ3n) is 3.13. The zero-order valence-corrected chi connectivity index (χ0v) is 11.1. The molecule has 0 aliphatic carbocycles. The van der Waals surface area contributed by atoms with Crippen molar-refractivity contribution >= 4 is 16.7 Å². The first kappa shape index (κ1) is 12.4. The van der Waals surface area contributed by atoms with Gasteiger partial charge in [-0.3, -0.25) is 0 Å². The summed E-state index contributed by atoms with van der Waals surface area (Å²) in [7, 11) is 1.64. The Morgan fingerprint density at radius 3 is 2.55 bits per heavy atom. The molecule has 0 amide bonds. The van der Waals surface area contributed by atoms with E-state index in [-0.39, 0.29) is 0 Å². The van der Waals surface area contributed by atoms with Gasteiger partial charge in [-0.05, 0) is 42.5 Å². The van der Waals surface area contributed by atoms with Crippen LogP contribution in [-0.4, -0.2) is 7.11 Å². The van der Waals surface area contributed by atoms with E-state index in [0.717, 1.165) is 28.0 Å². The molecule has 4 heteroatoms. The molecule has 2 aromatic carbocycles. The Balaban J connectivity index is 1.77. The predicted octanol–water partition coefficient (Wildman–Crippen LogP) is 3.60. The van der Waals surface area contributed by atoms with Gasteiger partial charge < -0.3 is 19.6 Å². The molecule has 0 saturated carbocycles. The fourth-order valence-corrected chi connectivity index (χ4v) is 2.04. The number of hydrogen-bond donors (Lipinski definition) is 1. The number of rotatable bonds is 4. The topological polar surface area (TPSA) is 57.6 Å². The Kier molecular flexibility index (Phi) is 3.21. The van der Waals surface area contributed by atoms with Crippen LogP contribution in [0.5, 0.6) is 11.5 Å². The van der Waals surface area contributed by atoms with Gasteiger partial charge in [-0.15, -0.1) is 0 Å². The van der Waals surface area contributed by atoms with Gasteiger partial charge in [0.25, 0.3) is 0 Å². The van der Waals surface area contributed by atoms with Crippen molar-refractivity contribution < 1.29 is 13.9 Å². The van der Waals surface area contributed by atoms with E-state index in [1.54, 1.807) is 13.4 Å². The van der Waals surface area contributed by atoms with Gasteiger partial charge in [0.05, 0.1) is 13.4 Å². The van der Waals surface area contributed by atoms with Crippen molar-refractivity contribution in [1.29, 1.82) is 0 Å². The Hall–Kier alpha value is -2.62. The van der Waals surface area contributed by atoms with Crippen LogP contribution in [0.4, 0.5) is 5.69 Å². The molecule has 0 aliphatic heterocycles. The zero-order valence-electron chi connectivity index (χ0n) is 11.1.